The van der Waals surface area contributed by atoms with E-state index in [9.17, 15) is 19.5 Å². The maximum Gasteiger partial charge on any atom is 0.312 e. The zero-order chi connectivity index (χ0) is 30.1. The molecule has 7 atom stereocenters. The number of benzene rings is 1. The monoisotopic (exact) mass is 578 g/mol. The van der Waals surface area contributed by atoms with Crippen LogP contribution in [-0.2, 0) is 23.9 Å². The van der Waals surface area contributed by atoms with Crippen molar-refractivity contribution in [3.8, 4) is 0 Å². The Morgan fingerprint density at radius 1 is 1.19 bits per heavy atom. The zero-order valence-corrected chi connectivity index (χ0v) is 25.1. The molecule has 3 heterocycles. The van der Waals surface area contributed by atoms with Gasteiger partial charge in [0, 0.05) is 12.6 Å². The molecule has 42 heavy (non-hydrogen) atoms. The summed E-state index contributed by atoms with van der Waals surface area (Å²) in [6.45, 7) is 11.8. The number of carbonyl (C=O) groups is 3. The molecule has 1 aliphatic carbocycles. The van der Waals surface area contributed by atoms with E-state index in [0.29, 0.717) is 25.8 Å². The van der Waals surface area contributed by atoms with E-state index in [-0.39, 0.29) is 37.0 Å². The molecule has 1 aromatic rings. The lowest BCUT2D eigenvalue weighted by molar-refractivity contribution is -0.164. The van der Waals surface area contributed by atoms with E-state index < -0.39 is 41.1 Å². The van der Waals surface area contributed by atoms with Crippen LogP contribution in [0, 0.1) is 17.8 Å². The molecule has 1 spiro atoms. The SMILES string of the molecule is C=CCCCOC(=O)[C@H]1[C@H]2C(=O)N([C@H](CO)c3ccccc3)C(C(=O)N(CC=C)C3CCCCC3)C23CC(C)[C@]1(C)O3. The second-order valence-corrected chi connectivity index (χ2v) is 12.7. The predicted molar refractivity (Wildman–Crippen MR) is 159 cm³/mol. The van der Waals surface area contributed by atoms with Gasteiger partial charge in [0.1, 0.15) is 17.6 Å². The summed E-state index contributed by atoms with van der Waals surface area (Å²) >= 11 is 0. The van der Waals surface area contributed by atoms with Crippen LogP contribution >= 0.6 is 0 Å². The van der Waals surface area contributed by atoms with Gasteiger partial charge >= 0.3 is 5.97 Å². The topological polar surface area (TPSA) is 96.4 Å². The minimum atomic E-state index is -1.20. The Hall–Kier alpha value is -2.97. The Balaban J connectivity index is 1.60. The predicted octanol–water partition coefficient (Wildman–Crippen LogP) is 4.59. The van der Waals surface area contributed by atoms with Crippen molar-refractivity contribution in [2.24, 2.45) is 17.8 Å². The maximum atomic E-state index is 14.9. The number of hydrogen-bond acceptors (Lipinski definition) is 6. The minimum absolute atomic E-state index is 0.0400. The molecular formula is C34H46N2O6. The van der Waals surface area contributed by atoms with Crippen LogP contribution in [0.2, 0.25) is 0 Å². The smallest absolute Gasteiger partial charge is 0.312 e. The summed E-state index contributed by atoms with van der Waals surface area (Å²) < 4.78 is 12.6. The fraction of sp³-hybridized carbons (Fsp3) is 0.618. The first kappa shape index (κ1) is 30.5. The number of hydrogen-bond donors (Lipinski definition) is 1. The second kappa shape index (κ2) is 12.3. The third-order valence-electron chi connectivity index (χ3n) is 10.4. The first-order chi connectivity index (χ1) is 20.2. The van der Waals surface area contributed by atoms with Crippen LogP contribution < -0.4 is 0 Å². The zero-order valence-electron chi connectivity index (χ0n) is 25.1. The lowest BCUT2D eigenvalue weighted by Gasteiger charge is -2.42. The molecule has 4 aliphatic rings. The van der Waals surface area contributed by atoms with E-state index in [1.807, 2.05) is 49.1 Å². The number of fused-ring (bicyclic) bond motifs is 1. The van der Waals surface area contributed by atoms with E-state index in [1.165, 1.54) is 0 Å². The van der Waals surface area contributed by atoms with Gasteiger partial charge in [-0.3, -0.25) is 14.4 Å². The molecule has 2 amide bonds. The molecule has 0 radical (unpaired) electrons. The molecule has 3 saturated heterocycles. The maximum absolute atomic E-state index is 14.9. The highest BCUT2D eigenvalue weighted by Crippen LogP contribution is 2.66. The van der Waals surface area contributed by atoms with Crippen LogP contribution in [0.5, 0.6) is 0 Å². The van der Waals surface area contributed by atoms with Crippen molar-refractivity contribution < 1.29 is 29.0 Å². The Bertz CT molecular complexity index is 1180. The molecule has 8 heteroatoms. The molecule has 4 fully saturated rings. The number of aliphatic hydroxyl groups is 1. The summed E-state index contributed by atoms with van der Waals surface area (Å²) in [6.07, 6.45) is 10.4. The van der Waals surface area contributed by atoms with Crippen LogP contribution in [0.3, 0.4) is 0 Å². The van der Waals surface area contributed by atoms with Gasteiger partial charge in [0.05, 0.1) is 30.8 Å². The number of likely N-dealkylation sites (tertiary alicyclic amines) is 1. The van der Waals surface area contributed by atoms with E-state index in [1.54, 1.807) is 17.1 Å². The first-order valence-electron chi connectivity index (χ1n) is 15.6. The lowest BCUT2D eigenvalue weighted by atomic mass is 9.62. The molecule has 2 bridgehead atoms. The molecule has 1 saturated carbocycles. The summed E-state index contributed by atoms with van der Waals surface area (Å²) in [5, 5.41) is 10.7. The highest BCUT2D eigenvalue weighted by atomic mass is 16.6. The Labute approximate surface area is 249 Å². The van der Waals surface area contributed by atoms with Gasteiger partial charge in [-0.15, -0.1) is 13.2 Å². The average molecular weight is 579 g/mol. The second-order valence-electron chi connectivity index (χ2n) is 12.7. The van der Waals surface area contributed by atoms with Crippen molar-refractivity contribution in [1.82, 2.24) is 9.80 Å². The normalized spacial score (nSPS) is 32.8. The highest BCUT2D eigenvalue weighted by Gasteiger charge is 2.81. The lowest BCUT2D eigenvalue weighted by Crippen LogP contribution is -2.59. The number of carbonyl (C=O) groups excluding carboxylic acids is 3. The van der Waals surface area contributed by atoms with Crippen molar-refractivity contribution in [2.45, 2.75) is 94.5 Å². The number of amides is 2. The van der Waals surface area contributed by atoms with Gasteiger partial charge in [0.15, 0.2) is 0 Å². The number of nitrogens with zero attached hydrogens (tertiary/aromatic N) is 2. The third kappa shape index (κ3) is 4.90. The van der Waals surface area contributed by atoms with E-state index >= 15 is 0 Å². The van der Waals surface area contributed by atoms with E-state index in [4.69, 9.17) is 9.47 Å². The van der Waals surface area contributed by atoms with Gasteiger partial charge < -0.3 is 24.4 Å². The van der Waals surface area contributed by atoms with Gasteiger partial charge in [0.25, 0.3) is 0 Å². The fourth-order valence-electron chi connectivity index (χ4n) is 8.28. The highest BCUT2D eigenvalue weighted by molar-refractivity contribution is 5.99. The van der Waals surface area contributed by atoms with Crippen molar-refractivity contribution >= 4 is 17.8 Å². The van der Waals surface area contributed by atoms with Gasteiger partial charge in [0.2, 0.25) is 11.8 Å². The molecule has 228 valence electrons. The number of unbranched alkanes of at least 4 members (excludes halogenated alkanes) is 1. The largest absolute Gasteiger partial charge is 0.465 e. The molecule has 5 rings (SSSR count). The molecule has 3 aliphatic heterocycles. The number of rotatable bonds is 12. The van der Waals surface area contributed by atoms with Crippen molar-refractivity contribution in [2.75, 3.05) is 19.8 Å². The van der Waals surface area contributed by atoms with Crippen LogP contribution in [-0.4, -0.2) is 75.7 Å². The minimum Gasteiger partial charge on any atom is -0.465 e. The number of aliphatic hydroxyl groups excluding tert-OH is 1. The number of allylic oxidation sites excluding steroid dienone is 1. The van der Waals surface area contributed by atoms with Crippen molar-refractivity contribution in [3.05, 3.63) is 61.2 Å². The van der Waals surface area contributed by atoms with Gasteiger partial charge in [-0.05, 0) is 50.5 Å². The Kier molecular flexibility index (Phi) is 8.95. The summed E-state index contributed by atoms with van der Waals surface area (Å²) in [6, 6.07) is 7.59. The van der Waals surface area contributed by atoms with Crippen molar-refractivity contribution in [3.63, 3.8) is 0 Å². The quantitative estimate of drug-likeness (QED) is 0.222. The molecule has 3 unspecified atom stereocenters. The summed E-state index contributed by atoms with van der Waals surface area (Å²) in [5.74, 6) is -2.80. The Morgan fingerprint density at radius 3 is 2.55 bits per heavy atom. The molecule has 8 nitrogen and oxygen atoms in total. The Morgan fingerprint density at radius 2 is 1.90 bits per heavy atom. The van der Waals surface area contributed by atoms with Crippen LogP contribution in [0.25, 0.3) is 0 Å². The van der Waals surface area contributed by atoms with Crippen LogP contribution in [0.1, 0.15) is 76.8 Å². The third-order valence-corrected chi connectivity index (χ3v) is 10.4. The van der Waals surface area contributed by atoms with Gasteiger partial charge in [-0.25, -0.2) is 0 Å². The molecule has 0 aromatic heterocycles. The standard InChI is InChI=1S/C34H46N2O6/c1-5-7-14-20-41-32(40)28-27-30(38)36(26(22-37)24-15-10-8-11-16-24)29(34(27)21-23(3)33(28,4)42-34)31(39)35(19-6-2)25-17-12-9-13-18-25/h5-6,8,10-11,15-16,23,25-29,37H,1-2,7,9,12-14,17-22H2,3-4H3/t23?,26-,27+,28-,29?,33+,34?/m1/s1. The number of esters is 1. The number of ether oxygens (including phenoxy) is 2. The van der Waals surface area contributed by atoms with Crippen LogP contribution in [0.15, 0.2) is 55.6 Å². The molecular weight excluding hydrogens is 532 g/mol. The van der Waals surface area contributed by atoms with Gasteiger partial charge in [-0.2, -0.15) is 0 Å². The van der Waals surface area contributed by atoms with E-state index in [2.05, 4.69) is 13.2 Å². The molecule has 1 N–H and O–H groups in total. The fourth-order valence-corrected chi connectivity index (χ4v) is 8.28. The van der Waals surface area contributed by atoms with Gasteiger partial charge in [-0.1, -0.05) is 68.7 Å². The molecule has 1 aromatic carbocycles. The average Bonchev–Trinajstić information content (AvgIpc) is 3.52. The first-order valence-corrected chi connectivity index (χ1v) is 15.6. The summed E-state index contributed by atoms with van der Waals surface area (Å²) in [5.41, 5.74) is -1.42. The summed E-state index contributed by atoms with van der Waals surface area (Å²) in [4.78, 5) is 46.8. The summed E-state index contributed by atoms with van der Waals surface area (Å²) in [7, 11) is 0. The van der Waals surface area contributed by atoms with E-state index in [0.717, 1.165) is 37.7 Å². The van der Waals surface area contributed by atoms with Crippen molar-refractivity contribution in [1.29, 1.82) is 0 Å². The van der Waals surface area contributed by atoms with Crippen LogP contribution in [0.4, 0.5) is 0 Å².